The minimum Gasteiger partial charge on any atom is -0.405 e. The summed E-state index contributed by atoms with van der Waals surface area (Å²) in [6, 6.07) is 53.0. The first-order valence-corrected chi connectivity index (χ1v) is 40.8. The van der Waals surface area contributed by atoms with Gasteiger partial charge in [0.2, 0.25) is 0 Å². The quantitative estimate of drug-likeness (QED) is 0.0966. The van der Waals surface area contributed by atoms with Crippen molar-refractivity contribution in [3.05, 3.63) is 163 Å². The Labute approximate surface area is 529 Å². The van der Waals surface area contributed by atoms with Gasteiger partial charge in [-0.25, -0.2) is 0 Å². The van der Waals surface area contributed by atoms with Crippen LogP contribution in [-0.4, -0.2) is 108 Å². The average molecular weight is 1280 g/mol. The fourth-order valence-corrected chi connectivity index (χ4v) is 14.7. The van der Waals surface area contributed by atoms with Crippen molar-refractivity contribution in [3.8, 4) is 44.5 Å². The topological polar surface area (TPSA) is 124 Å². The molecule has 18 heteroatoms. The SMILES string of the molecule is CC1(C)OB(B2OC(C)(C)C(C)(C)O2)OC1(C)C.CC1(C)OB(c2ccc(-c3ccc(-c4cc(P(C)(C)=O)cc(P(C)(C)=O)c4)c4ccccc34)cc2)OC1(C)C.CP(C)(=O)c1cc(-c2ccc(-c3ccc(Cl)cc3)c3ccccc23)cc(P(C)(C)=O)c1. The van der Waals surface area contributed by atoms with Crippen LogP contribution in [-0.2, 0) is 46.2 Å². The minimum absolute atomic E-state index is 0.360. The second-order valence-corrected chi connectivity index (χ2v) is 41.6. The molecule has 3 aliphatic heterocycles. The van der Waals surface area contributed by atoms with Gasteiger partial charge in [0.1, 0.15) is 28.6 Å². The van der Waals surface area contributed by atoms with Gasteiger partial charge in [0.15, 0.2) is 0 Å². The van der Waals surface area contributed by atoms with E-state index < -0.39 is 49.7 Å². The van der Waals surface area contributed by atoms with Gasteiger partial charge in [-0.3, -0.25) is 0 Å². The van der Waals surface area contributed by atoms with Crippen LogP contribution in [0.1, 0.15) is 83.1 Å². The molecule has 88 heavy (non-hydrogen) atoms. The zero-order valence-electron chi connectivity index (χ0n) is 55.0. The van der Waals surface area contributed by atoms with Gasteiger partial charge in [0, 0.05) is 26.2 Å². The summed E-state index contributed by atoms with van der Waals surface area (Å²) in [6.07, 6.45) is 0. The van der Waals surface area contributed by atoms with E-state index in [4.69, 9.17) is 39.5 Å². The van der Waals surface area contributed by atoms with Crippen molar-refractivity contribution in [2.45, 2.75) is 117 Å². The van der Waals surface area contributed by atoms with Crippen molar-refractivity contribution < 1.29 is 46.2 Å². The molecule has 8 aromatic carbocycles. The Kier molecular flexibility index (Phi) is 18.6. The van der Waals surface area contributed by atoms with Crippen molar-refractivity contribution in [2.24, 2.45) is 0 Å². The molecule has 3 fully saturated rings. The monoisotopic (exact) mass is 1280 g/mol. The van der Waals surface area contributed by atoms with Crippen LogP contribution in [0.4, 0.5) is 0 Å². The van der Waals surface area contributed by atoms with E-state index in [9.17, 15) is 18.3 Å². The van der Waals surface area contributed by atoms with E-state index in [0.717, 1.165) is 92.7 Å². The number of rotatable bonds is 10. The molecule has 462 valence electrons. The molecule has 11 rings (SSSR count). The maximum Gasteiger partial charge on any atom is 0.494 e. The molecule has 0 spiro atoms. The van der Waals surface area contributed by atoms with Crippen LogP contribution in [0, 0.1) is 0 Å². The molecule has 10 nitrogen and oxygen atoms in total. The molecule has 0 aliphatic carbocycles. The molecule has 8 aromatic rings. The summed E-state index contributed by atoms with van der Waals surface area (Å²) in [7, 11) is -11.5. The molecule has 0 radical (unpaired) electrons. The van der Waals surface area contributed by atoms with Gasteiger partial charge < -0.3 is 46.2 Å². The number of hydrogen-bond acceptors (Lipinski definition) is 10. The average Bonchev–Trinajstić information content (AvgIpc) is 2.17. The van der Waals surface area contributed by atoms with E-state index >= 15 is 0 Å². The molecule has 0 saturated carbocycles. The Morgan fingerprint density at radius 1 is 0.307 bits per heavy atom. The van der Waals surface area contributed by atoms with Gasteiger partial charge in [0.05, 0.1) is 33.6 Å². The zero-order valence-corrected chi connectivity index (χ0v) is 59.3. The number of halogens is 1. The molecule has 3 saturated heterocycles. The first kappa shape index (κ1) is 67.8. The standard InChI is InChI=1S/C32H37BO4P2.C26H25ClO2P2.C12H24B2O4/c1-31(2)32(3,4)37-33(36-31)24-15-13-22(14-16-24)27-17-18-28(30-12-10-9-11-29(27)30)23-19-25(38(5,6)34)21-26(20-23)39(7,8)35;1-30(2,28)21-15-19(16-22(17-21)31(3,4)29)24-14-13-23(18-9-11-20(27)12-10-18)25-7-5-6-8-26(24)25;1-9(2)10(3,4)16-13(15-9)14-17-11(5,6)12(7,8)18-14/h9-21H,1-8H3;5-17H,1-4H3;1-8H3. The van der Waals surface area contributed by atoms with Crippen molar-refractivity contribution in [3.63, 3.8) is 0 Å². The first-order valence-electron chi connectivity index (χ1n) is 30.0. The Morgan fingerprint density at radius 3 is 0.807 bits per heavy atom. The molecule has 0 atom stereocenters. The predicted molar refractivity (Wildman–Crippen MR) is 379 cm³/mol. The fourth-order valence-electron chi connectivity index (χ4n) is 10.8. The van der Waals surface area contributed by atoms with Crippen molar-refractivity contribution in [1.82, 2.24) is 0 Å². The molecule has 0 N–H and O–H groups in total. The summed E-state index contributed by atoms with van der Waals surface area (Å²) in [4.78, 5) is 0. The van der Waals surface area contributed by atoms with E-state index in [2.05, 4.69) is 107 Å². The summed E-state index contributed by atoms with van der Waals surface area (Å²) in [5, 5.41) is 8.18. The normalized spacial score (nSPS) is 18.4. The summed E-state index contributed by atoms with van der Waals surface area (Å²) < 4.78 is 88.3. The smallest absolute Gasteiger partial charge is 0.405 e. The predicted octanol–water partition coefficient (Wildman–Crippen LogP) is 16.5. The number of fused-ring (bicyclic) bond motifs is 2. The third-order valence-electron chi connectivity index (χ3n) is 18.4. The Balaban J connectivity index is 0.000000168. The lowest BCUT2D eigenvalue weighted by atomic mass is 9.49. The van der Waals surface area contributed by atoms with Crippen LogP contribution in [0.3, 0.4) is 0 Å². The highest BCUT2D eigenvalue weighted by Crippen LogP contribution is 2.47. The van der Waals surface area contributed by atoms with E-state index in [-0.39, 0.29) is 33.6 Å². The molecule has 0 bridgehead atoms. The van der Waals surface area contributed by atoms with Gasteiger partial charge in [-0.1, -0.05) is 121 Å². The first-order chi connectivity index (χ1) is 40.5. The Bertz CT molecular complexity index is 4000. The summed E-state index contributed by atoms with van der Waals surface area (Å²) in [5.74, 6) is 0. The minimum atomic E-state index is -2.55. The Morgan fingerprint density at radius 2 is 0.545 bits per heavy atom. The van der Waals surface area contributed by atoms with Crippen LogP contribution in [0.15, 0.2) is 158 Å². The van der Waals surface area contributed by atoms with E-state index in [1.807, 2.05) is 134 Å². The van der Waals surface area contributed by atoms with Gasteiger partial charge in [-0.2, -0.15) is 0 Å². The molecular weight excluding hydrogens is 1190 g/mol. The molecule has 0 unspecified atom stereocenters. The summed E-state index contributed by atoms with van der Waals surface area (Å²) in [6.45, 7) is 38.5. The third-order valence-corrected chi connectivity index (χ3v) is 24.7. The third kappa shape index (κ3) is 14.2. The van der Waals surface area contributed by atoms with Crippen molar-refractivity contribution in [2.75, 3.05) is 53.3 Å². The van der Waals surface area contributed by atoms with Crippen LogP contribution in [0.5, 0.6) is 0 Å². The number of benzene rings is 8. The van der Waals surface area contributed by atoms with Crippen LogP contribution < -0.4 is 26.7 Å². The second kappa shape index (κ2) is 24.2. The lowest BCUT2D eigenvalue weighted by Crippen LogP contribution is -2.41. The highest BCUT2D eigenvalue weighted by molar-refractivity contribution is 7.72. The molecule has 0 amide bonds. The highest BCUT2D eigenvalue weighted by atomic mass is 35.5. The van der Waals surface area contributed by atoms with Crippen LogP contribution in [0.2, 0.25) is 5.02 Å². The van der Waals surface area contributed by atoms with Crippen LogP contribution >= 0.6 is 40.2 Å². The van der Waals surface area contributed by atoms with Crippen LogP contribution in [0.25, 0.3) is 66.1 Å². The fraction of sp³-hybridized carbons (Fsp3) is 0.371. The van der Waals surface area contributed by atoms with E-state index in [0.29, 0.717) is 5.02 Å². The van der Waals surface area contributed by atoms with Gasteiger partial charge in [-0.15, -0.1) is 0 Å². The molecule has 3 aliphatic rings. The van der Waals surface area contributed by atoms with Crippen molar-refractivity contribution >= 4 is 110 Å². The van der Waals surface area contributed by atoms with Gasteiger partial charge in [0.25, 0.3) is 0 Å². The largest absolute Gasteiger partial charge is 0.494 e. The number of hydrogen-bond donors (Lipinski definition) is 0. The lowest BCUT2D eigenvalue weighted by Gasteiger charge is -2.32. The Hall–Kier alpha value is -4.56. The van der Waals surface area contributed by atoms with Crippen molar-refractivity contribution in [1.29, 1.82) is 0 Å². The highest BCUT2D eigenvalue weighted by Gasteiger charge is 2.64. The second-order valence-electron chi connectivity index (χ2n) is 28.3. The van der Waals surface area contributed by atoms with E-state index in [1.165, 1.54) is 0 Å². The lowest BCUT2D eigenvalue weighted by molar-refractivity contribution is 0.00578. The molecule has 3 heterocycles. The molecular formula is C70H86B3ClO10P4. The summed E-state index contributed by atoms with van der Waals surface area (Å²) >= 11 is 6.08. The van der Waals surface area contributed by atoms with E-state index in [1.54, 1.807) is 53.3 Å². The molecule has 0 aromatic heterocycles. The maximum absolute atomic E-state index is 13.1. The van der Waals surface area contributed by atoms with Gasteiger partial charge >= 0.3 is 21.1 Å². The van der Waals surface area contributed by atoms with Gasteiger partial charge in [-0.05, 0) is 256 Å². The maximum atomic E-state index is 13.1. The zero-order chi connectivity index (χ0) is 64.8. The summed E-state index contributed by atoms with van der Waals surface area (Å²) in [5.41, 5.74) is 7.20.